The maximum absolute atomic E-state index is 13.3. The smallest absolute Gasteiger partial charge is 0.421 e. The molecule has 7 heteroatoms. The van der Waals surface area contributed by atoms with Crippen LogP contribution in [0, 0.1) is 0 Å². The molecule has 1 heterocycles. The van der Waals surface area contributed by atoms with Crippen molar-refractivity contribution in [3.05, 3.63) is 24.4 Å². The lowest BCUT2D eigenvalue weighted by Gasteiger charge is -2.13. The molecule has 0 fully saturated rings. The summed E-state index contributed by atoms with van der Waals surface area (Å²) in [6, 6.07) is 4.05. The Labute approximate surface area is 93.1 Å². The van der Waals surface area contributed by atoms with Gasteiger partial charge in [-0.3, -0.25) is 0 Å². The molecule has 0 saturated carbocycles. The lowest BCUT2D eigenvalue weighted by atomic mass is 10.5. The van der Waals surface area contributed by atoms with Crippen LogP contribution in [0.5, 0.6) is 0 Å². The molecule has 0 N–H and O–H groups in total. The van der Waals surface area contributed by atoms with Crippen LogP contribution < -0.4 is 0 Å². The molecule has 0 aromatic carbocycles. The number of ether oxygens (including phenoxy) is 1. The van der Waals surface area contributed by atoms with E-state index in [2.05, 4.69) is 9.72 Å². The lowest BCUT2D eigenvalue weighted by Crippen LogP contribution is -2.35. The number of carbonyl (C=O) groups is 1. The SMILES string of the molecule is CCOC(=O)C(F)(F)[S@@](=O)c1ccccn1. The molecule has 0 unspecified atom stereocenters. The molecule has 1 atom stereocenters. The Bertz CT molecular complexity index is 397. The molecule has 0 aliphatic heterocycles. The number of rotatable bonds is 4. The summed E-state index contributed by atoms with van der Waals surface area (Å²) >= 11 is 0. The molecule has 4 nitrogen and oxygen atoms in total. The lowest BCUT2D eigenvalue weighted by molar-refractivity contribution is -0.159. The largest absolute Gasteiger partial charge is 0.461 e. The third-order valence-electron chi connectivity index (χ3n) is 1.57. The fourth-order valence-electron chi connectivity index (χ4n) is 0.879. The van der Waals surface area contributed by atoms with E-state index in [1.165, 1.54) is 25.3 Å². The topological polar surface area (TPSA) is 56.3 Å². The minimum absolute atomic E-state index is 0.201. The summed E-state index contributed by atoms with van der Waals surface area (Å²) in [5, 5.41) is -4.44. The number of nitrogens with zero attached hydrogens (tertiary/aromatic N) is 1. The van der Waals surface area contributed by atoms with Crippen molar-refractivity contribution < 1.29 is 22.5 Å². The first-order valence-electron chi connectivity index (χ1n) is 4.38. The van der Waals surface area contributed by atoms with Crippen LogP contribution in [-0.4, -0.2) is 27.0 Å². The molecule has 1 rings (SSSR count). The van der Waals surface area contributed by atoms with E-state index in [1.54, 1.807) is 0 Å². The van der Waals surface area contributed by atoms with E-state index < -0.39 is 22.0 Å². The fourth-order valence-corrected chi connectivity index (χ4v) is 1.71. The Hall–Kier alpha value is -1.37. The number of hydrogen-bond acceptors (Lipinski definition) is 4. The van der Waals surface area contributed by atoms with Crippen LogP contribution in [-0.2, 0) is 20.3 Å². The van der Waals surface area contributed by atoms with Crippen LogP contribution >= 0.6 is 0 Å². The molecular formula is C9H9F2NO3S. The number of aromatic nitrogens is 1. The Kier molecular flexibility index (Phi) is 4.05. The van der Waals surface area contributed by atoms with E-state index in [1.807, 2.05) is 0 Å². The predicted octanol–water partition coefficient (Wildman–Crippen LogP) is 1.35. The summed E-state index contributed by atoms with van der Waals surface area (Å²) in [6.07, 6.45) is 1.22. The third-order valence-corrected chi connectivity index (χ3v) is 2.83. The van der Waals surface area contributed by atoms with Gasteiger partial charge in [0.15, 0.2) is 10.8 Å². The van der Waals surface area contributed by atoms with Gasteiger partial charge in [-0.25, -0.2) is 14.0 Å². The summed E-state index contributed by atoms with van der Waals surface area (Å²) in [6.45, 7) is 1.19. The van der Waals surface area contributed by atoms with Crippen LogP contribution in [0.3, 0.4) is 0 Å². The first-order valence-corrected chi connectivity index (χ1v) is 5.53. The van der Waals surface area contributed by atoms with Crippen molar-refractivity contribution in [3.63, 3.8) is 0 Å². The monoisotopic (exact) mass is 249 g/mol. The standard InChI is InChI=1S/C9H9F2NO3S/c1-2-15-8(13)9(10,11)16(14)7-5-3-4-6-12-7/h3-6H,2H2,1H3/t16-/m0/s1. The zero-order valence-electron chi connectivity index (χ0n) is 8.35. The van der Waals surface area contributed by atoms with E-state index in [0.29, 0.717) is 0 Å². The summed E-state index contributed by atoms with van der Waals surface area (Å²) in [4.78, 5) is 14.4. The Balaban J connectivity index is 2.92. The quantitative estimate of drug-likeness (QED) is 0.756. The van der Waals surface area contributed by atoms with Gasteiger partial charge in [-0.1, -0.05) is 6.07 Å². The zero-order valence-corrected chi connectivity index (χ0v) is 9.17. The predicted molar refractivity (Wildman–Crippen MR) is 52.2 cm³/mol. The van der Waals surface area contributed by atoms with Crippen molar-refractivity contribution in [2.24, 2.45) is 0 Å². The highest BCUT2D eigenvalue weighted by Gasteiger charge is 2.48. The molecule has 0 amide bonds. The van der Waals surface area contributed by atoms with Crippen molar-refractivity contribution in [2.75, 3.05) is 6.61 Å². The van der Waals surface area contributed by atoms with Gasteiger partial charge in [0.1, 0.15) is 5.03 Å². The van der Waals surface area contributed by atoms with E-state index in [0.717, 1.165) is 6.07 Å². The summed E-state index contributed by atoms with van der Waals surface area (Å²) in [5.74, 6) is -1.81. The Morgan fingerprint density at radius 3 is 2.75 bits per heavy atom. The Morgan fingerprint density at radius 1 is 1.56 bits per heavy atom. The average Bonchev–Trinajstić information content (AvgIpc) is 2.29. The molecule has 88 valence electrons. The minimum atomic E-state index is -4.08. The van der Waals surface area contributed by atoms with Gasteiger partial charge >= 0.3 is 11.2 Å². The number of alkyl halides is 2. The molecule has 0 saturated heterocycles. The third kappa shape index (κ3) is 2.60. The van der Waals surface area contributed by atoms with E-state index in [4.69, 9.17) is 0 Å². The van der Waals surface area contributed by atoms with E-state index in [9.17, 15) is 17.8 Å². The van der Waals surface area contributed by atoms with E-state index >= 15 is 0 Å². The number of halogens is 2. The second-order valence-electron chi connectivity index (χ2n) is 2.67. The molecule has 1 aromatic heterocycles. The number of carbonyl (C=O) groups excluding carboxylic acids is 1. The molecular weight excluding hydrogens is 240 g/mol. The van der Waals surface area contributed by atoms with Crippen molar-refractivity contribution in [1.82, 2.24) is 4.98 Å². The van der Waals surface area contributed by atoms with Crippen molar-refractivity contribution in [1.29, 1.82) is 0 Å². The first kappa shape index (κ1) is 12.7. The fraction of sp³-hybridized carbons (Fsp3) is 0.333. The van der Waals surface area contributed by atoms with E-state index in [-0.39, 0.29) is 11.6 Å². The van der Waals surface area contributed by atoms with Crippen LogP contribution in [0.4, 0.5) is 8.78 Å². The van der Waals surface area contributed by atoms with Crippen LogP contribution in [0.2, 0.25) is 0 Å². The molecule has 0 aliphatic rings. The van der Waals surface area contributed by atoms with Crippen molar-refractivity contribution in [2.45, 2.75) is 17.2 Å². The maximum Gasteiger partial charge on any atom is 0.421 e. The highest BCUT2D eigenvalue weighted by molar-refractivity contribution is 7.86. The van der Waals surface area contributed by atoms with Gasteiger partial charge in [0.05, 0.1) is 6.61 Å². The van der Waals surface area contributed by atoms with Gasteiger partial charge < -0.3 is 4.74 Å². The average molecular weight is 249 g/mol. The summed E-state index contributed by atoms with van der Waals surface area (Å²) in [5.41, 5.74) is 0. The van der Waals surface area contributed by atoms with Crippen LogP contribution in [0.25, 0.3) is 0 Å². The highest BCUT2D eigenvalue weighted by Crippen LogP contribution is 2.25. The molecule has 0 bridgehead atoms. The first-order chi connectivity index (χ1) is 7.50. The molecule has 0 spiro atoms. The summed E-state index contributed by atoms with van der Waals surface area (Å²) in [7, 11) is -2.84. The van der Waals surface area contributed by atoms with Crippen molar-refractivity contribution in [3.8, 4) is 0 Å². The zero-order chi connectivity index (χ0) is 12.2. The maximum atomic E-state index is 13.3. The summed E-state index contributed by atoms with van der Waals surface area (Å²) < 4.78 is 42.1. The van der Waals surface area contributed by atoms with Gasteiger partial charge in [-0.05, 0) is 19.1 Å². The second-order valence-corrected chi connectivity index (χ2v) is 4.14. The van der Waals surface area contributed by atoms with Gasteiger partial charge in [-0.2, -0.15) is 8.78 Å². The number of hydrogen-bond donors (Lipinski definition) is 0. The second kappa shape index (κ2) is 5.11. The van der Waals surface area contributed by atoms with Crippen LogP contribution in [0.1, 0.15) is 6.92 Å². The van der Waals surface area contributed by atoms with Crippen LogP contribution in [0.15, 0.2) is 29.4 Å². The molecule has 16 heavy (non-hydrogen) atoms. The molecule has 0 radical (unpaired) electrons. The van der Waals surface area contributed by atoms with Gasteiger partial charge in [-0.15, -0.1) is 0 Å². The highest BCUT2D eigenvalue weighted by atomic mass is 32.2. The van der Waals surface area contributed by atoms with Gasteiger partial charge in [0, 0.05) is 6.20 Å². The number of esters is 1. The van der Waals surface area contributed by atoms with Crippen molar-refractivity contribution >= 4 is 16.8 Å². The molecule has 0 aliphatic carbocycles. The van der Waals surface area contributed by atoms with Gasteiger partial charge in [0.25, 0.3) is 0 Å². The number of pyridine rings is 1. The normalized spacial score (nSPS) is 13.2. The molecule has 1 aromatic rings. The minimum Gasteiger partial charge on any atom is -0.461 e. The Morgan fingerprint density at radius 2 is 2.25 bits per heavy atom. The van der Waals surface area contributed by atoms with Gasteiger partial charge in [0.2, 0.25) is 0 Å².